The molecule has 7 heteroatoms. The Morgan fingerprint density at radius 2 is 0.818 bits per heavy atom. The molecule has 5 radical (unpaired) electrons. The van der Waals surface area contributed by atoms with Gasteiger partial charge in [-0.3, -0.25) is 0 Å². The number of benzene rings is 3. The zero-order chi connectivity index (χ0) is 23.7. The van der Waals surface area contributed by atoms with Crippen molar-refractivity contribution in [2.45, 2.75) is 6.18 Å². The predicted molar refractivity (Wildman–Crippen MR) is 122 cm³/mol. The molecular weight excluding hydrogens is 488 g/mol. The smallest absolute Gasteiger partial charge is 0 e. The Balaban J connectivity index is 0.000000607. The molecule has 2 nitrogen and oxygen atoms in total. The minimum absolute atomic E-state index is 0. The molecule has 4 rings (SSSR count). The quantitative estimate of drug-likeness (QED) is 0.210. The SMILES string of the molecule is O=[C-]C(F)(F)F.[C-]#[O+].[CH]1[CH][CH][CH][CH]1.[Fe].c1ccc(P(c2ccccc2)c2ccccc2)cc1. The Bertz CT molecular complexity index is 783. The van der Waals surface area contributed by atoms with E-state index in [0.717, 1.165) is 0 Å². The van der Waals surface area contributed by atoms with Crippen LogP contribution in [0.1, 0.15) is 0 Å². The number of hydrogen-bond donors (Lipinski definition) is 0. The number of alkyl halides is 3. The van der Waals surface area contributed by atoms with Crippen molar-refractivity contribution in [1.82, 2.24) is 0 Å². The summed E-state index contributed by atoms with van der Waals surface area (Å²) in [5.74, 6) is 0. The third kappa shape index (κ3) is 13.2. The molecule has 0 spiro atoms. The molecule has 0 aromatic heterocycles. The molecule has 0 aliphatic heterocycles. The molecule has 171 valence electrons. The summed E-state index contributed by atoms with van der Waals surface area (Å²) in [6.07, 6.45) is 5.09. The molecule has 1 aliphatic carbocycles. The molecule has 33 heavy (non-hydrogen) atoms. The maximum absolute atomic E-state index is 10.4. The van der Waals surface area contributed by atoms with Gasteiger partial charge in [-0.2, -0.15) is 6.29 Å². The number of halogens is 3. The van der Waals surface area contributed by atoms with Crippen LogP contribution in [0, 0.1) is 38.8 Å². The van der Waals surface area contributed by atoms with Crippen LogP contribution in [0.5, 0.6) is 0 Å². The van der Waals surface area contributed by atoms with Gasteiger partial charge in [0.2, 0.25) is 0 Å². The third-order valence-corrected chi connectivity index (χ3v) is 6.16. The van der Waals surface area contributed by atoms with Gasteiger partial charge in [-0.15, -0.1) is 0 Å². The fraction of sp³-hybridized carbons (Fsp3) is 0.0385. The Morgan fingerprint density at radius 1 is 0.606 bits per heavy atom. The Labute approximate surface area is 205 Å². The van der Waals surface area contributed by atoms with Crippen LogP contribution in [-0.4, -0.2) is 12.5 Å². The zero-order valence-corrected chi connectivity index (χ0v) is 19.3. The van der Waals surface area contributed by atoms with E-state index in [-0.39, 0.29) is 23.4 Å². The van der Waals surface area contributed by atoms with Gasteiger partial charge in [-0.05, 0) is 55.9 Å². The normalized spacial score (nSPS) is 11.8. The van der Waals surface area contributed by atoms with Gasteiger partial charge in [0.05, 0.1) is 0 Å². The van der Waals surface area contributed by atoms with Crippen LogP contribution >= 0.6 is 7.92 Å². The van der Waals surface area contributed by atoms with Gasteiger partial charge in [0.1, 0.15) is 0 Å². The first-order chi connectivity index (χ1) is 15.5. The van der Waals surface area contributed by atoms with Crippen LogP contribution in [0.15, 0.2) is 91.0 Å². The molecular formula is C26H20F3FeO2P-. The first kappa shape index (κ1) is 30.8. The number of hydrogen-bond acceptors (Lipinski definition) is 1. The van der Waals surface area contributed by atoms with Gasteiger partial charge in [0, 0.05) is 17.1 Å². The van der Waals surface area contributed by atoms with Crippen LogP contribution in [0.4, 0.5) is 13.2 Å². The van der Waals surface area contributed by atoms with Gasteiger partial charge in [0.15, 0.2) is 0 Å². The number of rotatable bonds is 3. The first-order valence-electron chi connectivity index (χ1n) is 9.29. The zero-order valence-electron chi connectivity index (χ0n) is 17.3. The average molecular weight is 508 g/mol. The molecule has 0 N–H and O–H groups in total. The van der Waals surface area contributed by atoms with Crippen LogP contribution in [0.3, 0.4) is 0 Å². The Hall–Kier alpha value is -2.19. The molecule has 0 saturated heterocycles. The second-order valence-corrected chi connectivity index (χ2v) is 8.12. The van der Waals surface area contributed by atoms with Gasteiger partial charge in [-0.25, -0.2) is 13.2 Å². The summed E-state index contributed by atoms with van der Waals surface area (Å²) in [5.41, 5.74) is 0. The first-order valence-corrected chi connectivity index (χ1v) is 10.6. The summed E-state index contributed by atoms with van der Waals surface area (Å²) in [5, 5.41) is 4.19. The Morgan fingerprint density at radius 3 is 1.00 bits per heavy atom. The minimum Gasteiger partial charge on any atom is -0.0622 e. The van der Waals surface area contributed by atoms with Crippen molar-refractivity contribution in [3.05, 3.63) is 130 Å². The molecule has 1 saturated carbocycles. The predicted octanol–water partition coefficient (Wildman–Crippen LogP) is 5.08. The standard InChI is InChI=1S/C18H15P.C5H5.C2F3O.CO.Fe/c1-4-10-16(11-5-1)19(17-12-6-2-7-13-17)18-14-8-3-9-15-18;1-2-4-5-3-1;3-2(4,5)1-6;1-2;/h1-15H;1-5H;;;/q;;-1;;. The van der Waals surface area contributed by atoms with Crippen LogP contribution in [0.2, 0.25) is 0 Å². The van der Waals surface area contributed by atoms with E-state index in [1.807, 2.05) is 32.1 Å². The molecule has 0 unspecified atom stereocenters. The van der Waals surface area contributed by atoms with E-state index in [9.17, 15) is 13.2 Å². The molecule has 1 aliphatic rings. The molecule has 3 aromatic rings. The summed E-state index contributed by atoms with van der Waals surface area (Å²) >= 11 is 0. The molecule has 0 bridgehead atoms. The van der Waals surface area contributed by atoms with Crippen molar-refractivity contribution in [2.75, 3.05) is 0 Å². The minimum atomic E-state index is -4.76. The molecule has 0 atom stereocenters. The monoisotopic (exact) mass is 508 g/mol. The van der Waals surface area contributed by atoms with Crippen molar-refractivity contribution >= 4 is 30.1 Å². The second-order valence-electron chi connectivity index (χ2n) is 5.90. The van der Waals surface area contributed by atoms with E-state index in [2.05, 4.69) is 97.6 Å². The van der Waals surface area contributed by atoms with Gasteiger partial charge < -0.3 is 4.79 Å². The topological polar surface area (TPSA) is 37.0 Å². The summed E-state index contributed by atoms with van der Waals surface area (Å²) in [6, 6.07) is 32.3. The van der Waals surface area contributed by atoms with Crippen molar-refractivity contribution in [3.63, 3.8) is 0 Å². The maximum Gasteiger partial charge on any atom is 0 e. The summed E-state index contributed by atoms with van der Waals surface area (Å²) < 4.78 is 38.6. The van der Waals surface area contributed by atoms with E-state index in [4.69, 9.17) is 9.45 Å². The summed E-state index contributed by atoms with van der Waals surface area (Å²) in [6.45, 7) is 4.50. The fourth-order valence-corrected chi connectivity index (χ4v) is 4.80. The van der Waals surface area contributed by atoms with Crippen molar-refractivity contribution < 1.29 is 39.7 Å². The third-order valence-electron chi connectivity index (χ3n) is 3.71. The van der Waals surface area contributed by atoms with Crippen molar-refractivity contribution in [3.8, 4) is 0 Å². The summed E-state index contributed by atoms with van der Waals surface area (Å²) in [4.78, 5) is 8.58. The van der Waals surface area contributed by atoms with Gasteiger partial charge >= 0.3 is 11.3 Å². The van der Waals surface area contributed by atoms with Crippen molar-refractivity contribution in [1.29, 1.82) is 0 Å². The van der Waals surface area contributed by atoms with Crippen LogP contribution in [-0.2, 0) is 26.5 Å². The van der Waals surface area contributed by atoms with E-state index in [0.29, 0.717) is 0 Å². The van der Waals surface area contributed by atoms with E-state index in [1.165, 1.54) is 15.9 Å². The van der Waals surface area contributed by atoms with E-state index in [1.54, 1.807) is 0 Å². The number of carbonyl (C=O) groups excluding carboxylic acids is 1. The van der Waals surface area contributed by atoms with Crippen molar-refractivity contribution in [2.24, 2.45) is 0 Å². The summed E-state index contributed by atoms with van der Waals surface area (Å²) in [7, 11) is -0.446. The molecule has 3 aromatic carbocycles. The average Bonchev–Trinajstić information content (AvgIpc) is 3.43. The second kappa shape index (κ2) is 18.3. The van der Waals surface area contributed by atoms with E-state index >= 15 is 0 Å². The van der Waals surface area contributed by atoms with E-state index < -0.39 is 14.1 Å². The molecule has 0 amide bonds. The molecule has 1 fully saturated rings. The van der Waals surface area contributed by atoms with Gasteiger partial charge in [-0.1, -0.05) is 91.0 Å². The molecule has 0 heterocycles. The largest absolute Gasteiger partial charge is 0.0622 e. The maximum atomic E-state index is 10.4. The fourth-order valence-electron chi connectivity index (χ4n) is 2.50. The van der Waals surface area contributed by atoms with Crippen LogP contribution < -0.4 is 15.9 Å². The van der Waals surface area contributed by atoms with Crippen LogP contribution in [0.25, 0.3) is 0 Å². The Kier molecular flexibility index (Phi) is 17.0. The van der Waals surface area contributed by atoms with Gasteiger partial charge in [0.25, 0.3) is 6.18 Å².